The molecular weight excluding hydrogens is 603 g/mol. The number of carbonyl (C=O) groups is 2. The van der Waals surface area contributed by atoms with Crippen LogP contribution < -0.4 is 0 Å². The Morgan fingerprint density at radius 1 is 0.565 bits per heavy atom. The van der Waals surface area contributed by atoms with Crippen LogP contribution >= 0.6 is 7.82 Å². The van der Waals surface area contributed by atoms with Crippen molar-refractivity contribution in [3.63, 3.8) is 0 Å². The summed E-state index contributed by atoms with van der Waals surface area (Å²) in [5, 5.41) is 0. The molecule has 9 heteroatoms. The summed E-state index contributed by atoms with van der Waals surface area (Å²) in [6.07, 6.45) is 38.3. The third kappa shape index (κ3) is 34.9. The van der Waals surface area contributed by atoms with Crippen molar-refractivity contribution in [3.8, 4) is 0 Å². The molecule has 0 amide bonds. The molecule has 8 nitrogen and oxygen atoms in total. The fraction of sp³-hybridized carbons (Fsp3) is 0.730. The van der Waals surface area contributed by atoms with Gasteiger partial charge in [0.25, 0.3) is 0 Å². The monoisotopic (exact) mass is 668 g/mol. The van der Waals surface area contributed by atoms with E-state index in [-0.39, 0.29) is 19.4 Å². The number of hydrogen-bond donors (Lipinski definition) is 2. The molecule has 0 aromatic rings. The van der Waals surface area contributed by atoms with Crippen molar-refractivity contribution < 1.29 is 37.9 Å². The van der Waals surface area contributed by atoms with Crippen LogP contribution in [-0.2, 0) is 28.2 Å². The number of unbranched alkanes of at least 4 members (excludes halogenated alkanes) is 14. The Labute approximate surface area is 280 Å². The van der Waals surface area contributed by atoms with Crippen LogP contribution in [0.5, 0.6) is 0 Å². The number of phosphoric ester groups is 1. The topological polar surface area (TPSA) is 119 Å². The van der Waals surface area contributed by atoms with Gasteiger partial charge in [0.15, 0.2) is 6.10 Å². The number of esters is 2. The molecule has 0 aliphatic heterocycles. The molecule has 0 saturated carbocycles. The number of ether oxygens (including phenoxy) is 2. The Balaban J connectivity index is 4.05. The van der Waals surface area contributed by atoms with Gasteiger partial charge in [-0.25, -0.2) is 4.57 Å². The van der Waals surface area contributed by atoms with Crippen LogP contribution in [0.15, 0.2) is 48.6 Å². The normalized spacial score (nSPS) is 13.0. The summed E-state index contributed by atoms with van der Waals surface area (Å²) < 4.78 is 26.2. The fourth-order valence-corrected chi connectivity index (χ4v) is 4.94. The highest BCUT2D eigenvalue weighted by atomic mass is 31.2. The third-order valence-corrected chi connectivity index (χ3v) is 7.81. The maximum atomic E-state index is 12.3. The summed E-state index contributed by atoms with van der Waals surface area (Å²) in [4.78, 5) is 42.6. The van der Waals surface area contributed by atoms with Crippen LogP contribution in [0.3, 0.4) is 0 Å². The zero-order valence-corrected chi connectivity index (χ0v) is 29.9. The smallest absolute Gasteiger partial charge is 0.462 e. The number of carbonyl (C=O) groups excluding carboxylic acids is 2. The van der Waals surface area contributed by atoms with Gasteiger partial charge in [-0.05, 0) is 64.2 Å². The molecule has 0 unspecified atom stereocenters. The first-order valence-corrected chi connectivity index (χ1v) is 19.5. The summed E-state index contributed by atoms with van der Waals surface area (Å²) in [5.74, 6) is -0.922. The average Bonchev–Trinajstić information content (AvgIpc) is 3.02. The Morgan fingerprint density at radius 3 is 1.43 bits per heavy atom. The van der Waals surface area contributed by atoms with E-state index in [1.54, 1.807) is 0 Å². The minimum Gasteiger partial charge on any atom is -0.462 e. The minimum absolute atomic E-state index is 0.191. The Kier molecular flexibility index (Phi) is 31.5. The van der Waals surface area contributed by atoms with Gasteiger partial charge in [-0.3, -0.25) is 14.1 Å². The highest BCUT2D eigenvalue weighted by molar-refractivity contribution is 7.46. The average molecular weight is 669 g/mol. The molecule has 0 fully saturated rings. The second-order valence-corrected chi connectivity index (χ2v) is 13.1. The number of hydrogen-bond acceptors (Lipinski definition) is 6. The van der Waals surface area contributed by atoms with E-state index in [9.17, 15) is 14.2 Å². The van der Waals surface area contributed by atoms with Gasteiger partial charge in [-0.15, -0.1) is 0 Å². The lowest BCUT2D eigenvalue weighted by Gasteiger charge is -2.18. The SMILES string of the molecule is CCCC/C=C/C/C=C/CCCCCCCC(=O)OC[C@H](COP(=O)(O)O)OC(=O)CCCCCCC/C=C/C/C=C/CCCC. The first-order valence-electron chi connectivity index (χ1n) is 17.9. The molecule has 2 N–H and O–H groups in total. The van der Waals surface area contributed by atoms with Crippen molar-refractivity contribution >= 4 is 19.8 Å². The van der Waals surface area contributed by atoms with Gasteiger partial charge in [-0.1, -0.05) is 127 Å². The van der Waals surface area contributed by atoms with E-state index in [4.69, 9.17) is 19.3 Å². The van der Waals surface area contributed by atoms with Gasteiger partial charge < -0.3 is 19.3 Å². The van der Waals surface area contributed by atoms with Crippen molar-refractivity contribution in [3.05, 3.63) is 48.6 Å². The predicted octanol–water partition coefficient (Wildman–Crippen LogP) is 10.4. The van der Waals surface area contributed by atoms with E-state index in [0.29, 0.717) is 12.8 Å². The maximum absolute atomic E-state index is 12.3. The second kappa shape index (κ2) is 32.9. The van der Waals surface area contributed by atoms with E-state index in [0.717, 1.165) is 89.9 Å². The lowest BCUT2D eigenvalue weighted by molar-refractivity contribution is -0.161. The van der Waals surface area contributed by atoms with Crippen molar-refractivity contribution in [2.24, 2.45) is 0 Å². The standard InChI is InChI=1S/C37H65O8P/c1-3-5-7-9-11-13-15-17-19-21-23-25-27-29-31-36(38)43-33-35(34-44-46(40,41)42)45-37(39)32-30-28-26-24-22-20-18-16-14-12-10-8-6-4-2/h9-12,15-18,35H,3-8,13-14,19-34H2,1-2H3,(H2,40,41,42)/b11-9+,12-10+,17-15+,18-16+/t35-/m1/s1. The summed E-state index contributed by atoms with van der Waals surface area (Å²) in [6, 6.07) is 0. The van der Waals surface area contributed by atoms with Crippen LogP contribution in [0.25, 0.3) is 0 Å². The van der Waals surface area contributed by atoms with E-state index in [1.165, 1.54) is 25.7 Å². The van der Waals surface area contributed by atoms with Crippen molar-refractivity contribution in [2.75, 3.05) is 13.2 Å². The molecule has 0 aliphatic rings. The molecule has 266 valence electrons. The Bertz CT molecular complexity index is 890. The zero-order valence-electron chi connectivity index (χ0n) is 29.0. The largest absolute Gasteiger partial charge is 0.469 e. The van der Waals surface area contributed by atoms with E-state index in [1.807, 2.05) is 0 Å². The quantitative estimate of drug-likeness (QED) is 0.0315. The molecule has 0 radical (unpaired) electrons. The van der Waals surface area contributed by atoms with Gasteiger partial charge in [0.05, 0.1) is 6.61 Å². The van der Waals surface area contributed by atoms with Crippen molar-refractivity contribution in [2.45, 2.75) is 161 Å². The molecule has 0 heterocycles. The minimum atomic E-state index is -4.75. The van der Waals surface area contributed by atoms with Gasteiger partial charge in [0.1, 0.15) is 6.61 Å². The molecule has 0 saturated heterocycles. The van der Waals surface area contributed by atoms with Crippen LogP contribution in [-0.4, -0.2) is 41.0 Å². The molecular formula is C37H65O8P. The fourth-order valence-electron chi connectivity index (χ4n) is 4.58. The number of phosphoric acid groups is 1. The molecule has 1 atom stereocenters. The Hall–Kier alpha value is -1.99. The summed E-state index contributed by atoms with van der Waals surface area (Å²) >= 11 is 0. The van der Waals surface area contributed by atoms with Crippen LogP contribution in [0, 0.1) is 0 Å². The van der Waals surface area contributed by atoms with Crippen molar-refractivity contribution in [1.29, 1.82) is 0 Å². The van der Waals surface area contributed by atoms with E-state index in [2.05, 4.69) is 67.0 Å². The third-order valence-electron chi connectivity index (χ3n) is 7.32. The molecule has 0 aromatic carbocycles. The molecule has 0 bridgehead atoms. The first-order chi connectivity index (χ1) is 22.3. The molecule has 0 aromatic heterocycles. The summed E-state index contributed by atoms with van der Waals surface area (Å²) in [5.41, 5.74) is 0. The Morgan fingerprint density at radius 2 is 0.978 bits per heavy atom. The van der Waals surface area contributed by atoms with Crippen LogP contribution in [0.1, 0.15) is 155 Å². The number of allylic oxidation sites excluding steroid dienone is 8. The van der Waals surface area contributed by atoms with Gasteiger partial charge in [0, 0.05) is 12.8 Å². The van der Waals surface area contributed by atoms with Gasteiger partial charge in [-0.2, -0.15) is 0 Å². The maximum Gasteiger partial charge on any atom is 0.469 e. The van der Waals surface area contributed by atoms with E-state index < -0.39 is 32.5 Å². The highest BCUT2D eigenvalue weighted by Gasteiger charge is 2.22. The summed E-state index contributed by atoms with van der Waals surface area (Å²) in [6.45, 7) is 3.55. The molecule has 0 rings (SSSR count). The zero-order chi connectivity index (χ0) is 34.0. The lowest BCUT2D eigenvalue weighted by Crippen LogP contribution is -2.29. The molecule has 0 spiro atoms. The molecule has 46 heavy (non-hydrogen) atoms. The van der Waals surface area contributed by atoms with Crippen LogP contribution in [0.2, 0.25) is 0 Å². The summed E-state index contributed by atoms with van der Waals surface area (Å²) in [7, 11) is -4.75. The van der Waals surface area contributed by atoms with Gasteiger partial charge >= 0.3 is 19.8 Å². The lowest BCUT2D eigenvalue weighted by atomic mass is 10.1. The highest BCUT2D eigenvalue weighted by Crippen LogP contribution is 2.35. The second-order valence-electron chi connectivity index (χ2n) is 11.8. The van der Waals surface area contributed by atoms with Crippen molar-refractivity contribution in [1.82, 2.24) is 0 Å². The predicted molar refractivity (Wildman–Crippen MR) is 188 cm³/mol. The van der Waals surface area contributed by atoms with E-state index >= 15 is 0 Å². The van der Waals surface area contributed by atoms with Crippen LogP contribution in [0.4, 0.5) is 0 Å². The van der Waals surface area contributed by atoms with Gasteiger partial charge in [0.2, 0.25) is 0 Å². The molecule has 0 aliphatic carbocycles. The number of rotatable bonds is 32. The first kappa shape index (κ1) is 44.0.